The van der Waals surface area contributed by atoms with E-state index in [9.17, 15) is 9.59 Å². The van der Waals surface area contributed by atoms with Gasteiger partial charge in [-0.05, 0) is 37.1 Å². The van der Waals surface area contributed by atoms with Gasteiger partial charge in [0, 0.05) is 23.5 Å². The van der Waals surface area contributed by atoms with Crippen molar-refractivity contribution in [2.24, 2.45) is 5.92 Å². The molecule has 0 spiro atoms. The summed E-state index contributed by atoms with van der Waals surface area (Å²) in [7, 11) is 0. The van der Waals surface area contributed by atoms with Crippen molar-refractivity contribution >= 4 is 11.9 Å². The maximum absolute atomic E-state index is 12.6. The molecule has 6 nitrogen and oxygen atoms in total. The lowest BCUT2D eigenvalue weighted by atomic mass is 9.85. The quantitative estimate of drug-likeness (QED) is 0.758. The highest BCUT2D eigenvalue weighted by Gasteiger charge is 2.33. The highest BCUT2D eigenvalue weighted by molar-refractivity contribution is 5.95. The summed E-state index contributed by atoms with van der Waals surface area (Å²) < 4.78 is 5.71. The van der Waals surface area contributed by atoms with Crippen molar-refractivity contribution in [2.45, 2.75) is 39.3 Å². The molecule has 0 saturated carbocycles. The first-order valence-electron chi connectivity index (χ1n) is 8.46. The van der Waals surface area contributed by atoms with Crippen LogP contribution in [0.2, 0.25) is 0 Å². The number of nitrogens with one attached hydrogen (secondary N) is 1. The van der Waals surface area contributed by atoms with Gasteiger partial charge in [0.15, 0.2) is 0 Å². The second-order valence-corrected chi connectivity index (χ2v) is 6.77. The molecule has 2 N–H and O–H groups in total. The Kier molecular flexibility index (Phi) is 6.33. The van der Waals surface area contributed by atoms with E-state index in [2.05, 4.69) is 10.3 Å². The van der Waals surface area contributed by atoms with E-state index >= 15 is 0 Å². The van der Waals surface area contributed by atoms with Gasteiger partial charge < -0.3 is 15.2 Å². The molecule has 1 aromatic carbocycles. The average Bonchev–Trinajstić information content (AvgIpc) is 2.60. The number of hydrogen-bond acceptors (Lipinski definition) is 4. The number of carboxylic acid groups (broad SMARTS) is 1. The average molecular weight is 356 g/mol. The second-order valence-electron chi connectivity index (χ2n) is 6.77. The number of amides is 1. The lowest BCUT2D eigenvalue weighted by Gasteiger charge is -2.33. The van der Waals surface area contributed by atoms with Crippen LogP contribution in [0.25, 0.3) is 0 Å². The van der Waals surface area contributed by atoms with Crippen molar-refractivity contribution in [3.05, 3.63) is 59.9 Å². The molecule has 0 aliphatic rings. The minimum Gasteiger partial charge on any atom is -0.489 e. The van der Waals surface area contributed by atoms with Crippen LogP contribution < -0.4 is 10.1 Å². The molecule has 0 fully saturated rings. The van der Waals surface area contributed by atoms with Crippen LogP contribution in [-0.4, -0.2) is 27.5 Å². The summed E-state index contributed by atoms with van der Waals surface area (Å²) in [6, 6.07) is 10.6. The molecule has 1 unspecified atom stereocenters. The van der Waals surface area contributed by atoms with Gasteiger partial charge in [-0.2, -0.15) is 0 Å². The lowest BCUT2D eigenvalue weighted by molar-refractivity contribution is -0.138. The standard InChI is InChI=1S/C20H24N2O4/c1-14(2)20(3,11-18(23)24)22-19(25)16-7-4-8-17(10-16)26-13-15-6-5-9-21-12-15/h4-10,12,14H,11,13H2,1-3H3,(H,22,25)(H,23,24). The smallest absolute Gasteiger partial charge is 0.305 e. The Balaban J connectivity index is 2.08. The summed E-state index contributed by atoms with van der Waals surface area (Å²) in [5, 5.41) is 12.0. The van der Waals surface area contributed by atoms with Crippen LogP contribution in [0.1, 0.15) is 43.1 Å². The molecule has 0 saturated heterocycles. The molecule has 1 heterocycles. The number of aliphatic carboxylic acids is 1. The van der Waals surface area contributed by atoms with Crippen LogP contribution >= 0.6 is 0 Å². The third-order valence-corrected chi connectivity index (χ3v) is 4.42. The van der Waals surface area contributed by atoms with Crippen molar-refractivity contribution in [1.29, 1.82) is 0 Å². The monoisotopic (exact) mass is 356 g/mol. The molecule has 0 radical (unpaired) electrons. The topological polar surface area (TPSA) is 88.5 Å². The Hall–Kier alpha value is -2.89. The summed E-state index contributed by atoms with van der Waals surface area (Å²) >= 11 is 0. The third kappa shape index (κ3) is 5.31. The number of nitrogens with zero attached hydrogens (tertiary/aromatic N) is 1. The highest BCUT2D eigenvalue weighted by Crippen LogP contribution is 2.22. The molecular weight excluding hydrogens is 332 g/mol. The summed E-state index contributed by atoms with van der Waals surface area (Å²) in [6.07, 6.45) is 3.27. The zero-order valence-electron chi connectivity index (χ0n) is 15.2. The van der Waals surface area contributed by atoms with E-state index in [0.717, 1.165) is 5.56 Å². The zero-order chi connectivity index (χ0) is 19.2. The van der Waals surface area contributed by atoms with Gasteiger partial charge >= 0.3 is 5.97 Å². The van der Waals surface area contributed by atoms with Gasteiger partial charge in [0.25, 0.3) is 5.91 Å². The summed E-state index contributed by atoms with van der Waals surface area (Å²) in [5.74, 6) is -0.747. The van der Waals surface area contributed by atoms with Crippen molar-refractivity contribution in [3.63, 3.8) is 0 Å². The van der Waals surface area contributed by atoms with E-state index in [4.69, 9.17) is 9.84 Å². The molecule has 0 aliphatic heterocycles. The predicted molar refractivity (Wildman–Crippen MR) is 98.0 cm³/mol. The van der Waals surface area contributed by atoms with Gasteiger partial charge in [0.05, 0.1) is 12.0 Å². The van der Waals surface area contributed by atoms with E-state index in [-0.39, 0.29) is 18.2 Å². The number of ether oxygens (including phenoxy) is 1. The fraction of sp³-hybridized carbons (Fsp3) is 0.350. The molecule has 1 aromatic heterocycles. The molecule has 138 valence electrons. The second kappa shape index (κ2) is 8.47. The van der Waals surface area contributed by atoms with E-state index in [1.807, 2.05) is 26.0 Å². The van der Waals surface area contributed by atoms with Crippen LogP contribution in [-0.2, 0) is 11.4 Å². The molecule has 6 heteroatoms. The lowest BCUT2D eigenvalue weighted by Crippen LogP contribution is -2.51. The Labute approximate surface area is 153 Å². The number of aromatic nitrogens is 1. The Morgan fingerprint density at radius 2 is 2.04 bits per heavy atom. The van der Waals surface area contributed by atoms with Crippen molar-refractivity contribution in [1.82, 2.24) is 10.3 Å². The highest BCUT2D eigenvalue weighted by atomic mass is 16.5. The maximum Gasteiger partial charge on any atom is 0.305 e. The molecule has 0 aliphatic carbocycles. The van der Waals surface area contributed by atoms with Crippen LogP contribution in [0, 0.1) is 5.92 Å². The molecule has 26 heavy (non-hydrogen) atoms. The predicted octanol–water partition coefficient (Wildman–Crippen LogP) is 3.28. The van der Waals surface area contributed by atoms with Gasteiger partial charge in [0.1, 0.15) is 12.4 Å². The zero-order valence-corrected chi connectivity index (χ0v) is 15.2. The van der Waals surface area contributed by atoms with Crippen LogP contribution in [0.5, 0.6) is 5.75 Å². The fourth-order valence-corrected chi connectivity index (χ4v) is 2.42. The number of benzene rings is 1. The number of carbonyl (C=O) groups is 2. The van der Waals surface area contributed by atoms with Gasteiger partial charge in [-0.15, -0.1) is 0 Å². The SMILES string of the molecule is CC(C)C(C)(CC(=O)O)NC(=O)c1cccc(OCc2cccnc2)c1. The number of pyridine rings is 1. The molecular formula is C20H24N2O4. The van der Waals surface area contributed by atoms with Gasteiger partial charge in [-0.3, -0.25) is 14.6 Å². The van der Waals surface area contributed by atoms with Crippen molar-refractivity contribution in [3.8, 4) is 5.75 Å². The van der Waals surface area contributed by atoms with E-state index in [1.54, 1.807) is 43.6 Å². The normalized spacial score (nSPS) is 13.1. The molecule has 0 bridgehead atoms. The number of carboxylic acids is 1. The number of rotatable bonds is 8. The summed E-state index contributed by atoms with van der Waals surface area (Å²) in [5.41, 5.74) is 0.511. The van der Waals surface area contributed by atoms with E-state index in [1.165, 1.54) is 0 Å². The Morgan fingerprint density at radius 3 is 2.65 bits per heavy atom. The molecule has 1 amide bonds. The maximum atomic E-state index is 12.6. The molecule has 2 rings (SSSR count). The first kappa shape index (κ1) is 19.4. The summed E-state index contributed by atoms with van der Waals surface area (Å²) in [4.78, 5) is 27.8. The van der Waals surface area contributed by atoms with Gasteiger partial charge in [-0.1, -0.05) is 26.0 Å². The molecule has 1 atom stereocenters. The Morgan fingerprint density at radius 1 is 1.27 bits per heavy atom. The first-order chi connectivity index (χ1) is 12.3. The van der Waals surface area contributed by atoms with Gasteiger partial charge in [-0.25, -0.2) is 0 Å². The van der Waals surface area contributed by atoms with Crippen molar-refractivity contribution < 1.29 is 19.4 Å². The van der Waals surface area contributed by atoms with Crippen LogP contribution in [0.3, 0.4) is 0 Å². The fourth-order valence-electron chi connectivity index (χ4n) is 2.42. The van der Waals surface area contributed by atoms with Crippen molar-refractivity contribution in [2.75, 3.05) is 0 Å². The molecule has 2 aromatic rings. The Bertz CT molecular complexity index is 761. The minimum absolute atomic E-state index is 0.0347. The number of carbonyl (C=O) groups excluding carboxylic acids is 1. The number of hydrogen-bond donors (Lipinski definition) is 2. The largest absolute Gasteiger partial charge is 0.489 e. The van der Waals surface area contributed by atoms with E-state index in [0.29, 0.717) is 17.9 Å². The minimum atomic E-state index is -0.949. The van der Waals surface area contributed by atoms with Gasteiger partial charge in [0.2, 0.25) is 0 Å². The van der Waals surface area contributed by atoms with E-state index < -0.39 is 11.5 Å². The first-order valence-corrected chi connectivity index (χ1v) is 8.46. The summed E-state index contributed by atoms with van der Waals surface area (Å²) in [6.45, 7) is 5.86. The van der Waals surface area contributed by atoms with Crippen LogP contribution in [0.4, 0.5) is 0 Å². The third-order valence-electron chi connectivity index (χ3n) is 4.42. The van der Waals surface area contributed by atoms with Crippen LogP contribution in [0.15, 0.2) is 48.8 Å².